The summed E-state index contributed by atoms with van der Waals surface area (Å²) in [6.07, 6.45) is 5.76. The van der Waals surface area contributed by atoms with Gasteiger partial charge in [0.2, 0.25) is 5.91 Å². The van der Waals surface area contributed by atoms with E-state index in [4.69, 9.17) is 0 Å². The van der Waals surface area contributed by atoms with Gasteiger partial charge in [0.1, 0.15) is 0 Å². The Morgan fingerprint density at radius 3 is 2.77 bits per heavy atom. The van der Waals surface area contributed by atoms with Crippen LogP contribution < -0.4 is 5.32 Å². The molecule has 1 aromatic carbocycles. The molecule has 0 radical (unpaired) electrons. The third-order valence-electron chi connectivity index (χ3n) is 5.73. The summed E-state index contributed by atoms with van der Waals surface area (Å²) in [5.74, 6) is 1.03. The topological polar surface area (TPSA) is 32.3 Å². The molecule has 118 valence electrons. The van der Waals surface area contributed by atoms with Gasteiger partial charge in [0.15, 0.2) is 0 Å². The van der Waals surface area contributed by atoms with Crippen molar-refractivity contribution in [3.63, 3.8) is 0 Å². The monoisotopic (exact) mass is 410 g/mol. The fraction of sp³-hybridized carbons (Fsp3) is 0.611. The van der Waals surface area contributed by atoms with Gasteiger partial charge in [0, 0.05) is 16.2 Å². The number of fused-ring (bicyclic) bond motifs is 4. The molecule has 1 aromatic rings. The Kier molecular flexibility index (Phi) is 4.15. The molecule has 0 spiro atoms. The Balaban J connectivity index is 1.52. The van der Waals surface area contributed by atoms with Gasteiger partial charge in [-0.3, -0.25) is 4.79 Å². The number of benzene rings is 1. The van der Waals surface area contributed by atoms with E-state index in [1.165, 1.54) is 40.6 Å². The first-order valence-electron chi connectivity index (χ1n) is 8.52. The molecule has 2 atom stereocenters. The van der Waals surface area contributed by atoms with E-state index in [9.17, 15) is 4.79 Å². The lowest BCUT2D eigenvalue weighted by atomic mass is 9.80. The second-order valence-electron chi connectivity index (χ2n) is 7.01. The maximum absolute atomic E-state index is 12.9. The third kappa shape index (κ3) is 2.68. The molecule has 2 bridgehead atoms. The minimum Gasteiger partial charge on any atom is -0.351 e. The van der Waals surface area contributed by atoms with Crippen molar-refractivity contribution in [1.29, 1.82) is 0 Å². The van der Waals surface area contributed by atoms with Crippen molar-refractivity contribution in [3.8, 4) is 0 Å². The molecule has 3 nitrogen and oxygen atoms in total. The van der Waals surface area contributed by atoms with Crippen LogP contribution in [0.5, 0.6) is 0 Å². The summed E-state index contributed by atoms with van der Waals surface area (Å²) in [6, 6.07) is 6.83. The Morgan fingerprint density at radius 1 is 1.23 bits per heavy atom. The Morgan fingerprint density at radius 2 is 2.05 bits per heavy atom. The van der Waals surface area contributed by atoms with Gasteiger partial charge in [-0.2, -0.15) is 0 Å². The zero-order chi connectivity index (χ0) is 15.1. The van der Waals surface area contributed by atoms with Crippen LogP contribution in [0.3, 0.4) is 0 Å². The second kappa shape index (κ2) is 6.11. The summed E-state index contributed by atoms with van der Waals surface area (Å²) in [6.45, 7) is 3.50. The van der Waals surface area contributed by atoms with Crippen molar-refractivity contribution < 1.29 is 4.79 Å². The zero-order valence-corrected chi connectivity index (χ0v) is 15.0. The van der Waals surface area contributed by atoms with Crippen LogP contribution in [0.25, 0.3) is 0 Å². The molecule has 22 heavy (non-hydrogen) atoms. The number of rotatable bonds is 2. The summed E-state index contributed by atoms with van der Waals surface area (Å²) >= 11 is 2.39. The number of aryl methyl sites for hydroxylation is 1. The van der Waals surface area contributed by atoms with Crippen molar-refractivity contribution in [1.82, 2.24) is 10.2 Å². The predicted octanol–water partition coefficient (Wildman–Crippen LogP) is 2.92. The molecule has 3 heterocycles. The summed E-state index contributed by atoms with van der Waals surface area (Å²) in [5.41, 5.74) is 2.68. The molecule has 4 aliphatic rings. The highest BCUT2D eigenvalue weighted by molar-refractivity contribution is 14.1. The van der Waals surface area contributed by atoms with Crippen molar-refractivity contribution in [2.45, 2.75) is 44.1 Å². The van der Waals surface area contributed by atoms with Crippen molar-refractivity contribution in [2.75, 3.05) is 19.6 Å². The standard InChI is InChI=1S/C18H23IN2O/c19-15-6-2-4-13-3-1-5-14(17(13)15)18(22)20-16-11-21-9-7-12(16)8-10-21/h2,4,6,12,14,16H,1,3,5,7-11H2,(H,20,22). The van der Waals surface area contributed by atoms with E-state index in [2.05, 4.69) is 51.0 Å². The Hall–Kier alpha value is -0.620. The van der Waals surface area contributed by atoms with E-state index in [0.717, 1.165) is 25.8 Å². The van der Waals surface area contributed by atoms with E-state index in [1.54, 1.807) is 0 Å². The molecule has 0 saturated carbocycles. The Labute approximate surface area is 146 Å². The fourth-order valence-corrected chi connectivity index (χ4v) is 5.43. The lowest BCUT2D eigenvalue weighted by Gasteiger charge is -2.45. The van der Waals surface area contributed by atoms with Crippen LogP contribution in [-0.4, -0.2) is 36.5 Å². The molecular formula is C18H23IN2O. The highest BCUT2D eigenvalue weighted by Gasteiger charge is 2.37. The number of hydrogen-bond acceptors (Lipinski definition) is 2. The number of carbonyl (C=O) groups excluding carboxylic acids is 1. The first-order chi connectivity index (χ1) is 10.7. The number of hydrogen-bond donors (Lipinski definition) is 1. The van der Waals surface area contributed by atoms with Crippen LogP contribution in [0, 0.1) is 9.49 Å². The normalized spacial score (nSPS) is 33.3. The van der Waals surface area contributed by atoms with E-state index in [1.807, 2.05) is 0 Å². The maximum Gasteiger partial charge on any atom is 0.227 e. The van der Waals surface area contributed by atoms with Gasteiger partial charge in [-0.1, -0.05) is 12.1 Å². The van der Waals surface area contributed by atoms with Gasteiger partial charge in [0.25, 0.3) is 0 Å². The lowest BCUT2D eigenvalue weighted by Crippen LogP contribution is -2.57. The SMILES string of the molecule is O=C(NC1CN2CCC1CC2)C1CCCc2cccc(I)c21. The largest absolute Gasteiger partial charge is 0.351 e. The molecular weight excluding hydrogens is 387 g/mol. The smallest absolute Gasteiger partial charge is 0.227 e. The van der Waals surface area contributed by atoms with Crippen molar-refractivity contribution in [2.24, 2.45) is 5.92 Å². The van der Waals surface area contributed by atoms with E-state index < -0.39 is 0 Å². The summed E-state index contributed by atoms with van der Waals surface area (Å²) < 4.78 is 1.25. The highest BCUT2D eigenvalue weighted by atomic mass is 127. The van der Waals surface area contributed by atoms with Gasteiger partial charge in [0.05, 0.1) is 5.92 Å². The number of halogens is 1. The van der Waals surface area contributed by atoms with E-state index >= 15 is 0 Å². The Bertz CT molecular complexity index is 580. The minimum absolute atomic E-state index is 0.0623. The third-order valence-corrected chi connectivity index (χ3v) is 6.67. The molecule has 1 amide bonds. The first kappa shape index (κ1) is 14.9. The molecule has 4 heteroatoms. The van der Waals surface area contributed by atoms with Crippen LogP contribution in [0.15, 0.2) is 18.2 Å². The summed E-state index contributed by atoms with van der Waals surface area (Å²) in [4.78, 5) is 15.4. The minimum atomic E-state index is 0.0623. The van der Waals surface area contributed by atoms with E-state index in [0.29, 0.717) is 12.0 Å². The maximum atomic E-state index is 12.9. The molecule has 0 aromatic heterocycles. The van der Waals surface area contributed by atoms with Gasteiger partial charge in [-0.05, 0) is 90.9 Å². The summed E-state index contributed by atoms with van der Waals surface area (Å²) in [7, 11) is 0. The molecule has 5 rings (SSSR count). The van der Waals surface area contributed by atoms with Crippen molar-refractivity contribution in [3.05, 3.63) is 32.9 Å². The summed E-state index contributed by atoms with van der Waals surface area (Å²) in [5, 5.41) is 3.40. The molecule has 3 aliphatic heterocycles. The molecule has 3 saturated heterocycles. The van der Waals surface area contributed by atoms with Gasteiger partial charge in [-0.25, -0.2) is 0 Å². The first-order valence-corrected chi connectivity index (χ1v) is 9.60. The number of piperidine rings is 3. The van der Waals surface area contributed by atoms with Crippen LogP contribution in [-0.2, 0) is 11.2 Å². The van der Waals surface area contributed by atoms with E-state index in [-0.39, 0.29) is 11.8 Å². The van der Waals surface area contributed by atoms with Crippen molar-refractivity contribution >= 4 is 28.5 Å². The average molecular weight is 410 g/mol. The quantitative estimate of drug-likeness (QED) is 0.761. The number of nitrogens with zero attached hydrogens (tertiary/aromatic N) is 1. The number of nitrogens with one attached hydrogen (secondary N) is 1. The van der Waals surface area contributed by atoms with Crippen LogP contribution >= 0.6 is 22.6 Å². The van der Waals surface area contributed by atoms with Gasteiger partial charge in [-0.15, -0.1) is 0 Å². The number of amides is 1. The predicted molar refractivity (Wildman–Crippen MR) is 95.9 cm³/mol. The molecule has 3 fully saturated rings. The van der Waals surface area contributed by atoms with Gasteiger partial charge < -0.3 is 10.2 Å². The molecule has 1 aliphatic carbocycles. The van der Waals surface area contributed by atoms with Gasteiger partial charge >= 0.3 is 0 Å². The fourth-order valence-electron chi connectivity index (χ4n) is 4.51. The van der Waals surface area contributed by atoms with Crippen LogP contribution in [0.4, 0.5) is 0 Å². The molecule has 2 unspecified atom stereocenters. The lowest BCUT2D eigenvalue weighted by molar-refractivity contribution is -0.125. The second-order valence-corrected chi connectivity index (χ2v) is 8.17. The van der Waals surface area contributed by atoms with Crippen LogP contribution in [0.1, 0.15) is 42.7 Å². The average Bonchev–Trinajstić information content (AvgIpc) is 2.56. The zero-order valence-electron chi connectivity index (χ0n) is 12.9. The number of carbonyl (C=O) groups is 1. The molecule has 1 N–H and O–H groups in total. The van der Waals surface area contributed by atoms with Crippen LogP contribution in [0.2, 0.25) is 0 Å². The highest BCUT2D eigenvalue weighted by Crippen LogP contribution is 2.36.